The Hall–Kier alpha value is -2.25. The molecule has 0 fully saturated rings. The molecular formula is C14H14N2O2. The number of aromatic nitrogens is 2. The molecule has 0 saturated heterocycles. The van der Waals surface area contributed by atoms with E-state index in [0.29, 0.717) is 17.9 Å². The number of nitrogens with zero attached hydrogens (tertiary/aromatic N) is 2. The molecule has 1 heterocycles. The molecule has 0 aliphatic heterocycles. The van der Waals surface area contributed by atoms with Crippen molar-refractivity contribution in [1.82, 2.24) is 9.78 Å². The van der Waals surface area contributed by atoms with E-state index in [9.17, 15) is 5.11 Å². The van der Waals surface area contributed by atoms with Crippen molar-refractivity contribution in [2.24, 2.45) is 7.05 Å². The van der Waals surface area contributed by atoms with E-state index in [1.807, 2.05) is 25.4 Å². The normalized spacial score (nSPS) is 9.89. The Labute approximate surface area is 106 Å². The van der Waals surface area contributed by atoms with E-state index in [2.05, 4.69) is 16.9 Å². The van der Waals surface area contributed by atoms with Crippen LogP contribution in [-0.2, 0) is 11.8 Å². The number of aryl methyl sites for hydroxylation is 1. The highest BCUT2D eigenvalue weighted by molar-refractivity contribution is 5.72. The molecule has 0 atom stereocenters. The topological polar surface area (TPSA) is 47.3 Å². The van der Waals surface area contributed by atoms with Gasteiger partial charge < -0.3 is 9.84 Å². The van der Waals surface area contributed by atoms with Gasteiger partial charge in [0.05, 0.1) is 5.56 Å². The molecule has 4 nitrogen and oxygen atoms in total. The van der Waals surface area contributed by atoms with Crippen LogP contribution < -0.4 is 0 Å². The van der Waals surface area contributed by atoms with E-state index < -0.39 is 0 Å². The van der Waals surface area contributed by atoms with Gasteiger partial charge in [0.1, 0.15) is 18.1 Å². The Morgan fingerprint density at radius 3 is 2.89 bits per heavy atom. The lowest BCUT2D eigenvalue weighted by atomic mass is 10.1. The fourth-order valence-electron chi connectivity index (χ4n) is 1.66. The summed E-state index contributed by atoms with van der Waals surface area (Å²) in [5, 5.41) is 14.2. The first-order valence-electron chi connectivity index (χ1n) is 5.52. The molecule has 0 radical (unpaired) electrons. The maximum absolute atomic E-state index is 9.85. The number of aromatic hydroxyl groups is 1. The number of ether oxygens (including phenoxy) is 1. The summed E-state index contributed by atoms with van der Waals surface area (Å²) >= 11 is 0. The van der Waals surface area contributed by atoms with Gasteiger partial charge in [-0.2, -0.15) is 5.10 Å². The van der Waals surface area contributed by atoms with Crippen molar-refractivity contribution in [2.45, 2.75) is 0 Å². The van der Waals surface area contributed by atoms with Gasteiger partial charge in [-0.25, -0.2) is 0 Å². The summed E-state index contributed by atoms with van der Waals surface area (Å²) in [6.07, 6.45) is 1.82. The van der Waals surface area contributed by atoms with Crippen molar-refractivity contribution in [3.63, 3.8) is 0 Å². The highest BCUT2D eigenvalue weighted by atomic mass is 16.5. The van der Waals surface area contributed by atoms with E-state index in [4.69, 9.17) is 4.74 Å². The molecule has 4 heteroatoms. The smallest absolute Gasteiger partial charge is 0.125 e. The Balaban J connectivity index is 2.46. The molecule has 0 saturated carbocycles. The van der Waals surface area contributed by atoms with Gasteiger partial charge in [0.15, 0.2) is 0 Å². The SMILES string of the molecule is COCC#Cc1cn(C)nc1-c1ccccc1O. The molecule has 1 aromatic heterocycles. The third kappa shape index (κ3) is 2.53. The average molecular weight is 242 g/mol. The van der Waals surface area contributed by atoms with Crippen molar-refractivity contribution in [2.75, 3.05) is 13.7 Å². The van der Waals surface area contributed by atoms with Crippen molar-refractivity contribution in [3.05, 3.63) is 36.0 Å². The molecule has 18 heavy (non-hydrogen) atoms. The molecule has 0 spiro atoms. The number of methoxy groups -OCH3 is 1. The highest BCUT2D eigenvalue weighted by Crippen LogP contribution is 2.29. The average Bonchev–Trinajstić information content (AvgIpc) is 2.71. The van der Waals surface area contributed by atoms with Gasteiger partial charge in [-0.1, -0.05) is 24.0 Å². The summed E-state index contributed by atoms with van der Waals surface area (Å²) in [6, 6.07) is 7.09. The van der Waals surface area contributed by atoms with E-state index in [1.165, 1.54) is 0 Å². The van der Waals surface area contributed by atoms with Crippen molar-refractivity contribution >= 4 is 0 Å². The Morgan fingerprint density at radius 2 is 2.17 bits per heavy atom. The molecule has 0 bridgehead atoms. The lowest BCUT2D eigenvalue weighted by molar-refractivity contribution is 0.240. The van der Waals surface area contributed by atoms with Crippen LogP contribution in [0.15, 0.2) is 30.5 Å². The van der Waals surface area contributed by atoms with E-state index in [-0.39, 0.29) is 5.75 Å². The summed E-state index contributed by atoms with van der Waals surface area (Å²) in [7, 11) is 3.42. The third-order valence-corrected chi connectivity index (χ3v) is 2.43. The Morgan fingerprint density at radius 1 is 1.39 bits per heavy atom. The van der Waals surface area contributed by atoms with Crippen LogP contribution in [-0.4, -0.2) is 28.6 Å². The van der Waals surface area contributed by atoms with Crippen molar-refractivity contribution in [1.29, 1.82) is 0 Å². The number of phenolic OH excluding ortho intramolecular Hbond substituents is 1. The maximum Gasteiger partial charge on any atom is 0.125 e. The zero-order valence-corrected chi connectivity index (χ0v) is 10.3. The van der Waals surface area contributed by atoms with Crippen LogP contribution in [0.3, 0.4) is 0 Å². The molecule has 0 aliphatic rings. The minimum Gasteiger partial charge on any atom is -0.507 e. The first-order chi connectivity index (χ1) is 8.72. The molecular weight excluding hydrogens is 228 g/mol. The van der Waals surface area contributed by atoms with Crippen LogP contribution in [0.5, 0.6) is 5.75 Å². The van der Waals surface area contributed by atoms with Crippen LogP contribution >= 0.6 is 0 Å². The van der Waals surface area contributed by atoms with Gasteiger partial charge in [-0.05, 0) is 12.1 Å². The zero-order chi connectivity index (χ0) is 13.0. The molecule has 92 valence electrons. The fraction of sp³-hybridized carbons (Fsp3) is 0.214. The lowest BCUT2D eigenvalue weighted by Crippen LogP contribution is -1.88. The number of rotatable bonds is 2. The van der Waals surface area contributed by atoms with E-state index >= 15 is 0 Å². The van der Waals surface area contributed by atoms with Crippen molar-refractivity contribution < 1.29 is 9.84 Å². The van der Waals surface area contributed by atoms with E-state index in [1.54, 1.807) is 23.9 Å². The highest BCUT2D eigenvalue weighted by Gasteiger charge is 2.11. The van der Waals surface area contributed by atoms with Crippen LogP contribution in [0.1, 0.15) is 5.56 Å². The molecule has 2 aromatic rings. The lowest BCUT2D eigenvalue weighted by Gasteiger charge is -2.00. The second-order valence-electron chi connectivity index (χ2n) is 3.82. The Bertz CT molecular complexity index is 606. The summed E-state index contributed by atoms with van der Waals surface area (Å²) in [5.74, 6) is 6.08. The molecule has 0 amide bonds. The number of benzene rings is 1. The summed E-state index contributed by atoms with van der Waals surface area (Å²) in [5.41, 5.74) is 2.13. The molecule has 1 aromatic carbocycles. The second kappa shape index (κ2) is 5.39. The first kappa shape index (κ1) is 12.2. The predicted octanol–water partition coefficient (Wildman–Crippen LogP) is 1.79. The van der Waals surface area contributed by atoms with Gasteiger partial charge in [-0.3, -0.25) is 4.68 Å². The van der Waals surface area contributed by atoms with Crippen molar-refractivity contribution in [3.8, 4) is 28.8 Å². The summed E-state index contributed by atoms with van der Waals surface area (Å²) < 4.78 is 6.57. The number of hydrogen-bond acceptors (Lipinski definition) is 3. The standard InChI is InChI=1S/C14H14N2O2/c1-16-10-11(6-5-9-18-2)14(15-16)12-7-3-4-8-13(12)17/h3-4,7-8,10,17H,9H2,1-2H3. The van der Waals surface area contributed by atoms with Gasteiger partial charge in [0, 0.05) is 25.9 Å². The number of phenols is 1. The maximum atomic E-state index is 9.85. The second-order valence-corrected chi connectivity index (χ2v) is 3.82. The van der Waals surface area contributed by atoms with Crippen LogP contribution in [0, 0.1) is 11.8 Å². The largest absolute Gasteiger partial charge is 0.507 e. The first-order valence-corrected chi connectivity index (χ1v) is 5.52. The summed E-state index contributed by atoms with van der Waals surface area (Å²) in [4.78, 5) is 0. The summed E-state index contributed by atoms with van der Waals surface area (Å²) in [6.45, 7) is 0.370. The molecule has 1 N–H and O–H groups in total. The molecule has 0 unspecified atom stereocenters. The predicted molar refractivity (Wildman–Crippen MR) is 69.1 cm³/mol. The van der Waals surface area contributed by atoms with Gasteiger partial charge in [0.2, 0.25) is 0 Å². The minimum absolute atomic E-state index is 0.200. The number of hydrogen-bond donors (Lipinski definition) is 1. The quantitative estimate of drug-likeness (QED) is 0.817. The Kier molecular flexibility index (Phi) is 3.66. The van der Waals surface area contributed by atoms with E-state index in [0.717, 1.165) is 5.56 Å². The number of para-hydroxylation sites is 1. The van der Waals surface area contributed by atoms with Crippen LogP contribution in [0.4, 0.5) is 0 Å². The third-order valence-electron chi connectivity index (χ3n) is 2.43. The molecule has 0 aliphatic carbocycles. The van der Waals surface area contributed by atoms with Gasteiger partial charge in [0.25, 0.3) is 0 Å². The van der Waals surface area contributed by atoms with Gasteiger partial charge >= 0.3 is 0 Å². The minimum atomic E-state index is 0.200. The molecule has 2 rings (SSSR count). The fourth-order valence-corrected chi connectivity index (χ4v) is 1.66. The zero-order valence-electron chi connectivity index (χ0n) is 10.3. The van der Waals surface area contributed by atoms with Crippen LogP contribution in [0.25, 0.3) is 11.3 Å². The monoisotopic (exact) mass is 242 g/mol. The van der Waals surface area contributed by atoms with Crippen LogP contribution in [0.2, 0.25) is 0 Å². The van der Waals surface area contributed by atoms with Gasteiger partial charge in [-0.15, -0.1) is 0 Å².